The Morgan fingerprint density at radius 2 is 2.00 bits per heavy atom. The topological polar surface area (TPSA) is 51.2 Å². The van der Waals surface area contributed by atoms with Gasteiger partial charge in [-0.3, -0.25) is 9.78 Å². The number of methoxy groups -OCH3 is 1. The van der Waals surface area contributed by atoms with Crippen LogP contribution in [-0.2, 0) is 0 Å². The second-order valence-corrected chi connectivity index (χ2v) is 3.95. The lowest BCUT2D eigenvalue weighted by Crippen LogP contribution is -2.11. The number of nitrogens with one attached hydrogen (secondary N) is 1. The molecule has 1 aromatic heterocycles. The number of hydrogen-bond acceptors (Lipinski definition) is 3. The molecule has 0 saturated heterocycles. The first-order chi connectivity index (χ1) is 8.70. The predicted octanol–water partition coefficient (Wildman–Crippen LogP) is 3.00. The van der Waals surface area contributed by atoms with Crippen LogP contribution in [0.1, 0.15) is 10.4 Å². The van der Waals surface area contributed by atoms with Gasteiger partial charge in [-0.25, -0.2) is 0 Å². The summed E-state index contributed by atoms with van der Waals surface area (Å²) in [5, 5.41) is 3.15. The Hall–Kier alpha value is -2.07. The van der Waals surface area contributed by atoms with Gasteiger partial charge in [0.1, 0.15) is 5.75 Å². The summed E-state index contributed by atoms with van der Waals surface area (Å²) < 4.78 is 5.03. The van der Waals surface area contributed by atoms with Gasteiger partial charge in [-0.1, -0.05) is 11.6 Å². The molecule has 5 heteroatoms. The van der Waals surface area contributed by atoms with E-state index >= 15 is 0 Å². The Bertz CT molecular complexity index is 558. The zero-order valence-electron chi connectivity index (χ0n) is 9.68. The van der Waals surface area contributed by atoms with Crippen molar-refractivity contribution in [3.63, 3.8) is 0 Å². The van der Waals surface area contributed by atoms with Crippen molar-refractivity contribution in [2.24, 2.45) is 0 Å². The molecule has 0 aliphatic carbocycles. The van der Waals surface area contributed by atoms with Gasteiger partial charge in [0.25, 0.3) is 5.91 Å². The molecule has 0 aliphatic heterocycles. The van der Waals surface area contributed by atoms with E-state index in [-0.39, 0.29) is 5.91 Å². The standard InChI is InChI=1S/C13H11ClN2O2/c1-18-12-3-2-9(8-11(12)14)13(17)16-10-4-6-15-7-5-10/h2-8H,1H3,(H,15,16,17). The number of benzene rings is 1. The molecule has 1 aromatic carbocycles. The number of ether oxygens (including phenoxy) is 1. The number of halogens is 1. The van der Waals surface area contributed by atoms with Crippen LogP contribution in [0.5, 0.6) is 5.75 Å². The molecular weight excluding hydrogens is 252 g/mol. The smallest absolute Gasteiger partial charge is 0.255 e. The summed E-state index contributed by atoms with van der Waals surface area (Å²) in [5.41, 5.74) is 1.15. The van der Waals surface area contributed by atoms with Crippen molar-refractivity contribution in [1.29, 1.82) is 0 Å². The number of amides is 1. The molecule has 0 aliphatic rings. The van der Waals surface area contributed by atoms with Crippen molar-refractivity contribution in [3.05, 3.63) is 53.3 Å². The summed E-state index contributed by atoms with van der Waals surface area (Å²) in [6.07, 6.45) is 3.22. The van der Waals surface area contributed by atoms with Crippen molar-refractivity contribution < 1.29 is 9.53 Å². The highest BCUT2D eigenvalue weighted by atomic mass is 35.5. The highest BCUT2D eigenvalue weighted by molar-refractivity contribution is 6.32. The predicted molar refractivity (Wildman–Crippen MR) is 70.2 cm³/mol. The summed E-state index contributed by atoms with van der Waals surface area (Å²) in [4.78, 5) is 15.8. The second-order valence-electron chi connectivity index (χ2n) is 3.54. The quantitative estimate of drug-likeness (QED) is 0.925. The lowest BCUT2D eigenvalue weighted by Gasteiger charge is -2.07. The zero-order chi connectivity index (χ0) is 13.0. The van der Waals surface area contributed by atoms with E-state index in [1.807, 2.05) is 0 Å². The molecule has 18 heavy (non-hydrogen) atoms. The molecule has 1 amide bonds. The van der Waals surface area contributed by atoms with Crippen molar-refractivity contribution in [1.82, 2.24) is 4.98 Å². The molecule has 0 fully saturated rings. The van der Waals surface area contributed by atoms with Crippen molar-refractivity contribution in [2.75, 3.05) is 12.4 Å². The third kappa shape index (κ3) is 2.78. The van der Waals surface area contributed by atoms with Crippen LogP contribution in [0.4, 0.5) is 5.69 Å². The van der Waals surface area contributed by atoms with Crippen LogP contribution < -0.4 is 10.1 Å². The first kappa shape index (κ1) is 12.4. The van der Waals surface area contributed by atoms with Crippen LogP contribution in [-0.4, -0.2) is 18.0 Å². The Morgan fingerprint density at radius 1 is 1.28 bits per heavy atom. The van der Waals surface area contributed by atoms with Crippen LogP contribution in [0, 0.1) is 0 Å². The fraction of sp³-hybridized carbons (Fsp3) is 0.0769. The van der Waals surface area contributed by atoms with Gasteiger partial charge in [0.05, 0.1) is 12.1 Å². The molecule has 2 rings (SSSR count). The Balaban J connectivity index is 2.17. The van der Waals surface area contributed by atoms with Crippen molar-refractivity contribution in [3.8, 4) is 5.75 Å². The second kappa shape index (κ2) is 5.51. The Labute approximate surface area is 110 Å². The lowest BCUT2D eigenvalue weighted by molar-refractivity contribution is 0.102. The average molecular weight is 263 g/mol. The minimum Gasteiger partial charge on any atom is -0.495 e. The molecule has 1 N–H and O–H groups in total. The fourth-order valence-electron chi connectivity index (χ4n) is 1.45. The number of pyridine rings is 1. The SMILES string of the molecule is COc1ccc(C(=O)Nc2ccncc2)cc1Cl. The molecule has 0 bridgehead atoms. The van der Waals surface area contributed by atoms with Crippen LogP contribution in [0.2, 0.25) is 5.02 Å². The third-order valence-electron chi connectivity index (χ3n) is 2.35. The molecule has 0 atom stereocenters. The maximum Gasteiger partial charge on any atom is 0.255 e. The molecule has 2 aromatic rings. The minimum absolute atomic E-state index is 0.231. The molecule has 1 heterocycles. The maximum absolute atomic E-state index is 11.9. The first-order valence-corrected chi connectivity index (χ1v) is 5.63. The number of carbonyl (C=O) groups excluding carboxylic acids is 1. The van der Waals surface area contributed by atoms with Gasteiger partial charge in [-0.2, -0.15) is 0 Å². The monoisotopic (exact) mass is 262 g/mol. The van der Waals surface area contributed by atoms with Gasteiger partial charge in [0.15, 0.2) is 0 Å². The number of nitrogens with zero attached hydrogens (tertiary/aromatic N) is 1. The summed E-state index contributed by atoms with van der Waals surface area (Å²) >= 11 is 5.96. The number of aromatic nitrogens is 1. The molecule has 92 valence electrons. The largest absolute Gasteiger partial charge is 0.495 e. The van der Waals surface area contributed by atoms with Crippen LogP contribution in [0.3, 0.4) is 0 Å². The van der Waals surface area contributed by atoms with Crippen molar-refractivity contribution in [2.45, 2.75) is 0 Å². The van der Waals surface area contributed by atoms with Gasteiger partial charge in [-0.05, 0) is 30.3 Å². The number of hydrogen-bond donors (Lipinski definition) is 1. The highest BCUT2D eigenvalue weighted by Gasteiger charge is 2.09. The molecule has 0 saturated carbocycles. The van der Waals surface area contributed by atoms with Crippen LogP contribution >= 0.6 is 11.6 Å². The van der Waals surface area contributed by atoms with Gasteiger partial charge in [-0.15, -0.1) is 0 Å². The maximum atomic E-state index is 11.9. The molecule has 0 spiro atoms. The van der Waals surface area contributed by atoms with E-state index in [9.17, 15) is 4.79 Å². The van der Waals surface area contributed by atoms with Gasteiger partial charge >= 0.3 is 0 Å². The van der Waals surface area contributed by atoms with E-state index in [1.165, 1.54) is 7.11 Å². The molecular formula is C13H11ClN2O2. The highest BCUT2D eigenvalue weighted by Crippen LogP contribution is 2.25. The lowest BCUT2D eigenvalue weighted by atomic mass is 10.2. The van der Waals surface area contributed by atoms with E-state index in [1.54, 1.807) is 42.7 Å². The fourth-order valence-corrected chi connectivity index (χ4v) is 1.70. The normalized spacial score (nSPS) is 9.89. The minimum atomic E-state index is -0.231. The van der Waals surface area contributed by atoms with Crippen molar-refractivity contribution >= 4 is 23.2 Å². The van der Waals surface area contributed by atoms with E-state index in [2.05, 4.69) is 10.3 Å². The van der Waals surface area contributed by atoms with E-state index in [0.717, 1.165) is 0 Å². The van der Waals surface area contributed by atoms with E-state index in [0.29, 0.717) is 22.0 Å². The molecule has 0 unspecified atom stereocenters. The van der Waals surface area contributed by atoms with Crippen LogP contribution in [0.25, 0.3) is 0 Å². The Kier molecular flexibility index (Phi) is 3.79. The summed E-state index contributed by atoms with van der Waals surface area (Å²) in [6.45, 7) is 0. The van der Waals surface area contributed by atoms with Gasteiger partial charge in [0.2, 0.25) is 0 Å². The number of carbonyl (C=O) groups is 1. The van der Waals surface area contributed by atoms with Gasteiger partial charge < -0.3 is 10.1 Å². The van der Waals surface area contributed by atoms with E-state index in [4.69, 9.17) is 16.3 Å². The summed E-state index contributed by atoms with van der Waals surface area (Å²) in [5.74, 6) is 0.308. The molecule has 0 radical (unpaired) electrons. The number of anilines is 1. The average Bonchev–Trinajstić information content (AvgIpc) is 2.39. The first-order valence-electron chi connectivity index (χ1n) is 5.25. The molecule has 4 nitrogen and oxygen atoms in total. The van der Waals surface area contributed by atoms with Gasteiger partial charge in [0, 0.05) is 23.6 Å². The third-order valence-corrected chi connectivity index (χ3v) is 2.65. The van der Waals surface area contributed by atoms with E-state index < -0.39 is 0 Å². The zero-order valence-corrected chi connectivity index (χ0v) is 10.4. The number of rotatable bonds is 3. The summed E-state index contributed by atoms with van der Waals surface area (Å²) in [7, 11) is 1.53. The van der Waals surface area contributed by atoms with Crippen LogP contribution in [0.15, 0.2) is 42.7 Å². The summed E-state index contributed by atoms with van der Waals surface area (Å²) in [6, 6.07) is 8.30. The Morgan fingerprint density at radius 3 is 2.61 bits per heavy atom.